The number of hydrogen-bond donors (Lipinski definition) is 1. The fraction of sp³-hybridized carbons (Fsp3) is 0.364. The molecule has 0 saturated heterocycles. The van der Waals surface area contributed by atoms with E-state index in [2.05, 4.69) is 37.7 Å². The van der Waals surface area contributed by atoms with Gasteiger partial charge in [-0.1, -0.05) is 0 Å². The van der Waals surface area contributed by atoms with E-state index in [0.717, 1.165) is 18.5 Å². The van der Waals surface area contributed by atoms with Crippen molar-refractivity contribution >= 4 is 22.6 Å². The number of rotatable bonds is 2. The Morgan fingerprint density at radius 3 is 2.88 bits per heavy atom. The Kier molecular flexibility index (Phi) is 2.53. The molecule has 0 radical (unpaired) electrons. The van der Waals surface area contributed by atoms with Gasteiger partial charge in [-0.25, -0.2) is 4.98 Å². The van der Waals surface area contributed by atoms with Crippen molar-refractivity contribution in [2.24, 2.45) is 7.05 Å². The molecule has 0 spiro atoms. The molecule has 1 N–H and O–H groups in total. The number of nitrogens with one attached hydrogen (secondary N) is 1. The fourth-order valence-corrected chi connectivity index (χ4v) is 2.46. The van der Waals surface area contributed by atoms with Crippen molar-refractivity contribution in [2.45, 2.75) is 18.8 Å². The quantitative estimate of drug-likeness (QED) is 0.845. The van der Waals surface area contributed by atoms with Crippen LogP contribution in [0.4, 0.5) is 0 Å². The molecule has 0 aliphatic heterocycles. The van der Waals surface area contributed by atoms with Crippen molar-refractivity contribution in [1.29, 1.82) is 0 Å². The average molecular weight is 342 g/mol. The zero-order chi connectivity index (χ0) is 12.0. The highest BCUT2D eigenvalue weighted by molar-refractivity contribution is 14.1. The van der Waals surface area contributed by atoms with Gasteiger partial charge in [0.05, 0.1) is 5.69 Å². The third-order valence-corrected chi connectivity index (χ3v) is 3.85. The first-order chi connectivity index (χ1) is 8.15. The lowest BCUT2D eigenvalue weighted by atomic mass is 10.2. The monoisotopic (exact) mass is 342 g/mol. The standard InChI is InChI=1S/C11H11IN4O/c1-16-5-4-7(15-16)10-13-9(6-2-3-6)8(12)11(17)14-10/h4-6H,2-3H2,1H3,(H,13,14,17). The van der Waals surface area contributed by atoms with Gasteiger partial charge in [-0.15, -0.1) is 0 Å². The first kappa shape index (κ1) is 10.9. The smallest absolute Gasteiger partial charge is 0.264 e. The Morgan fingerprint density at radius 2 is 2.29 bits per heavy atom. The minimum Gasteiger partial charge on any atom is -0.304 e. The molecule has 1 saturated carbocycles. The van der Waals surface area contributed by atoms with E-state index in [-0.39, 0.29) is 5.56 Å². The zero-order valence-corrected chi connectivity index (χ0v) is 11.4. The zero-order valence-electron chi connectivity index (χ0n) is 9.27. The van der Waals surface area contributed by atoms with Crippen molar-refractivity contribution in [1.82, 2.24) is 19.7 Å². The highest BCUT2D eigenvalue weighted by Crippen LogP contribution is 2.40. The Hall–Kier alpha value is -1.18. The van der Waals surface area contributed by atoms with Crippen molar-refractivity contribution in [3.63, 3.8) is 0 Å². The Morgan fingerprint density at radius 1 is 1.53 bits per heavy atom. The van der Waals surface area contributed by atoms with Gasteiger partial charge < -0.3 is 4.98 Å². The third kappa shape index (κ3) is 2.01. The molecule has 2 aromatic heterocycles. The fourth-order valence-electron chi connectivity index (χ4n) is 1.77. The van der Waals surface area contributed by atoms with Gasteiger partial charge in [0.1, 0.15) is 9.26 Å². The second-order valence-corrected chi connectivity index (χ2v) is 5.34. The highest BCUT2D eigenvalue weighted by atomic mass is 127. The highest BCUT2D eigenvalue weighted by Gasteiger charge is 2.29. The Labute approximate surface area is 111 Å². The lowest BCUT2D eigenvalue weighted by Gasteiger charge is -2.03. The summed E-state index contributed by atoms with van der Waals surface area (Å²) in [5, 5.41) is 4.25. The predicted molar refractivity (Wildman–Crippen MR) is 71.8 cm³/mol. The molecule has 2 aromatic rings. The molecule has 17 heavy (non-hydrogen) atoms. The topological polar surface area (TPSA) is 63.6 Å². The van der Waals surface area contributed by atoms with Gasteiger partial charge in [0.15, 0.2) is 5.82 Å². The molecular weight excluding hydrogens is 331 g/mol. The summed E-state index contributed by atoms with van der Waals surface area (Å²) in [7, 11) is 1.84. The van der Waals surface area contributed by atoms with E-state index in [1.165, 1.54) is 0 Å². The van der Waals surface area contributed by atoms with Gasteiger partial charge in [0, 0.05) is 19.2 Å². The molecule has 0 amide bonds. The number of hydrogen-bond acceptors (Lipinski definition) is 3. The molecule has 0 atom stereocenters. The lowest BCUT2D eigenvalue weighted by Crippen LogP contribution is -2.16. The second kappa shape index (κ2) is 3.94. The molecular formula is C11H11IN4O. The first-order valence-electron chi connectivity index (χ1n) is 5.45. The van der Waals surface area contributed by atoms with Gasteiger partial charge in [-0.2, -0.15) is 5.10 Å². The minimum absolute atomic E-state index is 0.0665. The molecule has 3 rings (SSSR count). The van der Waals surface area contributed by atoms with Crippen LogP contribution in [-0.2, 0) is 7.05 Å². The van der Waals surface area contributed by atoms with Crippen LogP contribution >= 0.6 is 22.6 Å². The van der Waals surface area contributed by atoms with Gasteiger partial charge >= 0.3 is 0 Å². The summed E-state index contributed by atoms with van der Waals surface area (Å²) in [6.45, 7) is 0. The number of H-pyrrole nitrogens is 1. The van der Waals surface area contributed by atoms with Crippen LogP contribution in [0, 0.1) is 3.57 Å². The summed E-state index contributed by atoms with van der Waals surface area (Å²) < 4.78 is 2.41. The van der Waals surface area contributed by atoms with Crippen LogP contribution in [0.2, 0.25) is 0 Å². The van der Waals surface area contributed by atoms with Crippen LogP contribution in [0.5, 0.6) is 0 Å². The Balaban J connectivity index is 2.14. The predicted octanol–water partition coefficient (Wildman–Crippen LogP) is 1.65. The van der Waals surface area contributed by atoms with E-state index in [1.807, 2.05) is 19.3 Å². The molecule has 0 aromatic carbocycles. The van der Waals surface area contributed by atoms with Crippen molar-refractivity contribution in [3.05, 3.63) is 31.9 Å². The summed E-state index contributed by atoms with van der Waals surface area (Å²) in [6, 6.07) is 1.85. The molecule has 1 fully saturated rings. The van der Waals surface area contributed by atoms with Gasteiger partial charge in [0.2, 0.25) is 0 Å². The maximum Gasteiger partial charge on any atom is 0.264 e. The van der Waals surface area contributed by atoms with Crippen LogP contribution in [0.1, 0.15) is 24.5 Å². The SMILES string of the molecule is Cn1ccc(-c2nc(C3CC3)c(I)c(=O)[nH]2)n1. The summed E-state index contributed by atoms with van der Waals surface area (Å²) >= 11 is 2.07. The molecule has 88 valence electrons. The number of nitrogens with zero attached hydrogens (tertiary/aromatic N) is 3. The molecule has 5 nitrogen and oxygen atoms in total. The largest absolute Gasteiger partial charge is 0.304 e. The summed E-state index contributed by atoms with van der Waals surface area (Å²) in [6.07, 6.45) is 4.10. The number of aryl methyl sites for hydroxylation is 1. The third-order valence-electron chi connectivity index (χ3n) is 2.81. The van der Waals surface area contributed by atoms with Crippen LogP contribution in [0.15, 0.2) is 17.1 Å². The molecule has 1 aliphatic carbocycles. The summed E-state index contributed by atoms with van der Waals surface area (Å²) in [4.78, 5) is 19.2. The van der Waals surface area contributed by atoms with Crippen molar-refractivity contribution < 1.29 is 0 Å². The van der Waals surface area contributed by atoms with E-state index in [9.17, 15) is 4.79 Å². The van der Waals surface area contributed by atoms with Crippen molar-refractivity contribution in [2.75, 3.05) is 0 Å². The van der Waals surface area contributed by atoms with E-state index in [1.54, 1.807) is 4.68 Å². The Bertz CT molecular complexity index is 627. The van der Waals surface area contributed by atoms with Gasteiger partial charge in [-0.05, 0) is 41.5 Å². The van der Waals surface area contributed by atoms with Crippen LogP contribution in [-0.4, -0.2) is 19.7 Å². The van der Waals surface area contributed by atoms with E-state index in [0.29, 0.717) is 21.0 Å². The summed E-state index contributed by atoms with van der Waals surface area (Å²) in [5.41, 5.74) is 1.57. The number of halogens is 1. The average Bonchev–Trinajstić information content (AvgIpc) is 3.05. The maximum absolute atomic E-state index is 11.8. The molecule has 6 heteroatoms. The summed E-state index contributed by atoms with van der Waals surface area (Å²) in [5.74, 6) is 1.03. The van der Waals surface area contributed by atoms with Crippen LogP contribution in [0.3, 0.4) is 0 Å². The number of aromatic amines is 1. The molecule has 2 heterocycles. The van der Waals surface area contributed by atoms with Crippen LogP contribution < -0.4 is 5.56 Å². The van der Waals surface area contributed by atoms with Gasteiger partial charge in [-0.3, -0.25) is 9.48 Å². The number of aromatic nitrogens is 4. The minimum atomic E-state index is -0.0665. The van der Waals surface area contributed by atoms with Crippen LogP contribution in [0.25, 0.3) is 11.5 Å². The second-order valence-electron chi connectivity index (χ2n) is 4.26. The normalized spacial score (nSPS) is 15.2. The van der Waals surface area contributed by atoms with E-state index >= 15 is 0 Å². The molecule has 0 unspecified atom stereocenters. The first-order valence-corrected chi connectivity index (χ1v) is 6.53. The lowest BCUT2D eigenvalue weighted by molar-refractivity contribution is 0.767. The van der Waals surface area contributed by atoms with E-state index < -0.39 is 0 Å². The van der Waals surface area contributed by atoms with Crippen molar-refractivity contribution in [3.8, 4) is 11.5 Å². The molecule has 0 bridgehead atoms. The van der Waals surface area contributed by atoms with E-state index in [4.69, 9.17) is 0 Å². The van der Waals surface area contributed by atoms with Gasteiger partial charge in [0.25, 0.3) is 5.56 Å². The molecule has 1 aliphatic rings. The maximum atomic E-state index is 11.8.